The number of nitrogens with one attached hydrogen (secondary N) is 1. The van der Waals surface area contributed by atoms with E-state index in [9.17, 15) is 17.6 Å². The molecule has 152 valence electrons. The molecule has 0 heterocycles. The van der Waals surface area contributed by atoms with Crippen molar-refractivity contribution in [2.24, 2.45) is 0 Å². The number of amides is 1. The van der Waals surface area contributed by atoms with Crippen LogP contribution in [0.25, 0.3) is 0 Å². The minimum absolute atomic E-state index is 0.0800. The fourth-order valence-corrected chi connectivity index (χ4v) is 3.50. The fourth-order valence-electron chi connectivity index (χ4n) is 2.65. The summed E-state index contributed by atoms with van der Waals surface area (Å²) in [4.78, 5) is 12.5. The second-order valence-electron chi connectivity index (χ2n) is 6.15. The first-order valence-corrected chi connectivity index (χ1v) is 10.2. The Hall–Kier alpha value is -2.81. The lowest BCUT2D eigenvalue weighted by Gasteiger charge is -2.23. The molecular formula is C19H23FN2O5S. The summed E-state index contributed by atoms with van der Waals surface area (Å²) in [6.07, 6.45) is 0.961. The van der Waals surface area contributed by atoms with E-state index in [4.69, 9.17) is 9.47 Å². The first-order chi connectivity index (χ1) is 13.2. The van der Waals surface area contributed by atoms with E-state index in [-0.39, 0.29) is 5.69 Å². The first-order valence-electron chi connectivity index (χ1n) is 8.40. The lowest BCUT2D eigenvalue weighted by atomic mass is 10.1. The van der Waals surface area contributed by atoms with E-state index in [0.29, 0.717) is 11.5 Å². The zero-order valence-electron chi connectivity index (χ0n) is 16.1. The maximum absolute atomic E-state index is 13.5. The van der Waals surface area contributed by atoms with Gasteiger partial charge in [0.2, 0.25) is 15.9 Å². The average molecular weight is 410 g/mol. The molecule has 0 aliphatic carbocycles. The van der Waals surface area contributed by atoms with Gasteiger partial charge in [-0.15, -0.1) is 0 Å². The Morgan fingerprint density at radius 2 is 1.82 bits per heavy atom. The molecular weight excluding hydrogens is 387 g/mol. The largest absolute Gasteiger partial charge is 0.493 e. The summed E-state index contributed by atoms with van der Waals surface area (Å²) < 4.78 is 48.9. The number of carbonyl (C=O) groups is 1. The fraction of sp³-hybridized carbons (Fsp3) is 0.316. The van der Waals surface area contributed by atoms with Crippen LogP contribution in [-0.2, 0) is 14.8 Å². The summed E-state index contributed by atoms with van der Waals surface area (Å²) in [5.74, 6) is -0.0556. The first kappa shape index (κ1) is 21.5. The highest BCUT2D eigenvalue weighted by molar-refractivity contribution is 7.92. The Labute approximate surface area is 164 Å². The standard InChI is InChI=1S/C19H23FN2O5S/c1-13(14-8-9-17(26-2)18(10-14)27-3)21-19(23)12-22(28(4,24)25)16-7-5-6-15(20)11-16/h5-11,13H,12H2,1-4H3,(H,21,23)/t13-/m0/s1. The molecule has 0 fully saturated rings. The molecule has 2 aromatic rings. The normalized spacial score (nSPS) is 12.2. The van der Waals surface area contributed by atoms with Crippen LogP contribution in [0.4, 0.5) is 10.1 Å². The molecule has 2 aromatic carbocycles. The van der Waals surface area contributed by atoms with Crippen LogP contribution in [0.2, 0.25) is 0 Å². The van der Waals surface area contributed by atoms with Gasteiger partial charge in [0.15, 0.2) is 11.5 Å². The molecule has 7 nitrogen and oxygen atoms in total. The van der Waals surface area contributed by atoms with Crippen LogP contribution in [0, 0.1) is 5.82 Å². The number of ether oxygens (including phenoxy) is 2. The van der Waals surface area contributed by atoms with Crippen LogP contribution in [0.5, 0.6) is 11.5 Å². The highest BCUT2D eigenvalue weighted by Crippen LogP contribution is 2.30. The topological polar surface area (TPSA) is 84.9 Å². The van der Waals surface area contributed by atoms with Crippen molar-refractivity contribution in [3.63, 3.8) is 0 Å². The Bertz CT molecular complexity index is 949. The summed E-state index contributed by atoms with van der Waals surface area (Å²) in [5.41, 5.74) is 0.832. The van der Waals surface area contributed by atoms with Gasteiger partial charge in [0, 0.05) is 0 Å². The predicted octanol–water partition coefficient (Wildman–Crippen LogP) is 2.49. The van der Waals surface area contributed by atoms with Crippen LogP contribution >= 0.6 is 0 Å². The minimum Gasteiger partial charge on any atom is -0.493 e. The number of nitrogens with zero attached hydrogens (tertiary/aromatic N) is 1. The van der Waals surface area contributed by atoms with E-state index in [1.165, 1.54) is 32.4 Å². The van der Waals surface area contributed by atoms with E-state index >= 15 is 0 Å². The number of sulfonamides is 1. The molecule has 9 heteroatoms. The van der Waals surface area contributed by atoms with E-state index in [1.54, 1.807) is 25.1 Å². The number of methoxy groups -OCH3 is 2. The average Bonchev–Trinajstić information content (AvgIpc) is 2.64. The van der Waals surface area contributed by atoms with Crippen molar-refractivity contribution < 1.29 is 27.1 Å². The third-order valence-electron chi connectivity index (χ3n) is 4.07. The molecule has 28 heavy (non-hydrogen) atoms. The third-order valence-corrected chi connectivity index (χ3v) is 5.21. The molecule has 2 rings (SSSR count). The second-order valence-corrected chi connectivity index (χ2v) is 8.06. The molecule has 0 aliphatic rings. The maximum atomic E-state index is 13.5. The summed E-state index contributed by atoms with van der Waals surface area (Å²) in [5, 5.41) is 2.74. The molecule has 0 unspecified atom stereocenters. The van der Waals surface area contributed by atoms with Crippen LogP contribution in [0.3, 0.4) is 0 Å². The third kappa shape index (κ3) is 5.35. The van der Waals surface area contributed by atoms with E-state index in [1.807, 2.05) is 0 Å². The second kappa shape index (κ2) is 8.92. The molecule has 0 saturated carbocycles. The smallest absolute Gasteiger partial charge is 0.241 e. The van der Waals surface area contributed by atoms with Crippen LogP contribution in [0.15, 0.2) is 42.5 Å². The number of benzene rings is 2. The van der Waals surface area contributed by atoms with Gasteiger partial charge in [0.05, 0.1) is 32.2 Å². The van der Waals surface area contributed by atoms with Crippen molar-refractivity contribution in [2.45, 2.75) is 13.0 Å². The summed E-state index contributed by atoms with van der Waals surface area (Å²) in [6.45, 7) is 1.28. The van der Waals surface area contributed by atoms with E-state index in [2.05, 4.69) is 5.32 Å². The van der Waals surface area contributed by atoms with Gasteiger partial charge >= 0.3 is 0 Å². The van der Waals surface area contributed by atoms with Crippen LogP contribution in [-0.4, -0.2) is 41.3 Å². The van der Waals surface area contributed by atoms with Gasteiger partial charge in [-0.3, -0.25) is 9.10 Å². The zero-order valence-corrected chi connectivity index (χ0v) is 16.9. The molecule has 0 aliphatic heterocycles. The van der Waals surface area contributed by atoms with Gasteiger partial charge in [-0.1, -0.05) is 12.1 Å². The molecule has 0 bridgehead atoms. The van der Waals surface area contributed by atoms with Crippen molar-refractivity contribution in [1.82, 2.24) is 5.32 Å². The van der Waals surface area contributed by atoms with Gasteiger partial charge in [-0.25, -0.2) is 12.8 Å². The molecule has 0 aromatic heterocycles. The van der Waals surface area contributed by atoms with E-state index in [0.717, 1.165) is 22.2 Å². The van der Waals surface area contributed by atoms with Gasteiger partial charge in [-0.2, -0.15) is 0 Å². The van der Waals surface area contributed by atoms with Crippen molar-refractivity contribution in [1.29, 1.82) is 0 Å². The number of hydrogen-bond acceptors (Lipinski definition) is 5. The zero-order chi connectivity index (χ0) is 20.9. The van der Waals surface area contributed by atoms with Crippen molar-refractivity contribution in [2.75, 3.05) is 31.3 Å². The summed E-state index contributed by atoms with van der Waals surface area (Å²) >= 11 is 0. The van der Waals surface area contributed by atoms with E-state index < -0.39 is 34.3 Å². The SMILES string of the molecule is COc1ccc([C@H](C)NC(=O)CN(c2cccc(F)c2)S(C)(=O)=O)cc1OC. The van der Waals surface area contributed by atoms with Crippen molar-refractivity contribution in [3.05, 3.63) is 53.8 Å². The lowest BCUT2D eigenvalue weighted by Crippen LogP contribution is -2.41. The van der Waals surface area contributed by atoms with Crippen LogP contribution in [0.1, 0.15) is 18.5 Å². The Kier molecular flexibility index (Phi) is 6.85. The molecule has 0 saturated heterocycles. The highest BCUT2D eigenvalue weighted by atomic mass is 32.2. The highest BCUT2D eigenvalue weighted by Gasteiger charge is 2.22. The quantitative estimate of drug-likeness (QED) is 0.723. The Morgan fingerprint density at radius 3 is 2.39 bits per heavy atom. The maximum Gasteiger partial charge on any atom is 0.241 e. The van der Waals surface area contributed by atoms with Gasteiger partial charge in [-0.05, 0) is 42.8 Å². The number of hydrogen-bond donors (Lipinski definition) is 1. The Morgan fingerprint density at radius 1 is 1.14 bits per heavy atom. The van der Waals surface area contributed by atoms with Crippen molar-refractivity contribution in [3.8, 4) is 11.5 Å². The molecule has 1 atom stereocenters. The minimum atomic E-state index is -3.78. The summed E-state index contributed by atoms with van der Waals surface area (Å²) in [7, 11) is -0.750. The monoisotopic (exact) mass is 410 g/mol. The predicted molar refractivity (Wildman–Crippen MR) is 105 cm³/mol. The Balaban J connectivity index is 2.16. The lowest BCUT2D eigenvalue weighted by molar-refractivity contribution is -0.120. The van der Waals surface area contributed by atoms with Crippen LogP contribution < -0.4 is 19.1 Å². The molecule has 1 N–H and O–H groups in total. The summed E-state index contributed by atoms with van der Waals surface area (Å²) in [6, 6.07) is 9.86. The van der Waals surface area contributed by atoms with Crippen molar-refractivity contribution >= 4 is 21.6 Å². The van der Waals surface area contributed by atoms with Gasteiger partial charge in [0.1, 0.15) is 12.4 Å². The van der Waals surface area contributed by atoms with Gasteiger partial charge < -0.3 is 14.8 Å². The van der Waals surface area contributed by atoms with Gasteiger partial charge in [0.25, 0.3) is 0 Å². The molecule has 0 radical (unpaired) electrons. The molecule has 0 spiro atoms. The number of halogens is 1. The number of carbonyl (C=O) groups excluding carboxylic acids is 1. The molecule has 1 amide bonds. The number of anilines is 1. The number of rotatable bonds is 8.